The summed E-state index contributed by atoms with van der Waals surface area (Å²) in [6, 6.07) is 0. The number of rotatable bonds is 21. The molecule has 1 unspecified atom stereocenters. The molecule has 0 aliphatic heterocycles. The Morgan fingerprint density at radius 1 is 0.828 bits per heavy atom. The summed E-state index contributed by atoms with van der Waals surface area (Å²) in [7, 11) is 1.57. The van der Waals surface area contributed by atoms with Crippen molar-refractivity contribution in [1.29, 1.82) is 0 Å². The molecule has 0 aliphatic carbocycles. The predicted molar refractivity (Wildman–Crippen MR) is 118 cm³/mol. The Balaban J connectivity index is 3.49. The Bertz CT molecular complexity index is 431. The molecule has 0 radical (unpaired) electrons. The molecule has 0 aromatic carbocycles. The number of ether oxygens (including phenoxy) is 3. The van der Waals surface area contributed by atoms with E-state index in [2.05, 4.69) is 31.2 Å². The third-order valence-electron chi connectivity index (χ3n) is 4.61. The van der Waals surface area contributed by atoms with Crippen molar-refractivity contribution in [2.45, 2.75) is 84.0 Å². The van der Waals surface area contributed by atoms with Gasteiger partial charge in [-0.05, 0) is 38.5 Å². The average molecular weight is 411 g/mol. The van der Waals surface area contributed by atoms with Crippen LogP contribution < -0.4 is 0 Å². The van der Waals surface area contributed by atoms with Gasteiger partial charge in [-0.2, -0.15) is 0 Å². The molecule has 0 saturated heterocycles. The van der Waals surface area contributed by atoms with Gasteiger partial charge < -0.3 is 14.2 Å². The highest BCUT2D eigenvalue weighted by atomic mass is 16.5. The molecule has 29 heavy (non-hydrogen) atoms. The molecule has 0 spiro atoms. The Morgan fingerprint density at radius 3 is 2.14 bits per heavy atom. The Morgan fingerprint density at radius 2 is 1.48 bits per heavy atom. The van der Waals surface area contributed by atoms with Crippen LogP contribution in [0.4, 0.5) is 0 Å². The maximum Gasteiger partial charge on any atom is 0.305 e. The molecule has 5 heteroatoms. The molecule has 1 atom stereocenters. The molecule has 0 amide bonds. The van der Waals surface area contributed by atoms with Gasteiger partial charge in [-0.15, -0.1) is 0 Å². The van der Waals surface area contributed by atoms with Crippen LogP contribution in [-0.4, -0.2) is 39.4 Å². The summed E-state index contributed by atoms with van der Waals surface area (Å²) in [5, 5.41) is 0. The molecule has 0 bridgehead atoms. The normalized spacial score (nSPS) is 12.5. The highest BCUT2D eigenvalue weighted by Crippen LogP contribution is 2.09. The Kier molecular flexibility index (Phi) is 21.4. The molecule has 0 fully saturated rings. The first-order chi connectivity index (χ1) is 14.2. The zero-order valence-electron chi connectivity index (χ0n) is 18.6. The minimum absolute atomic E-state index is 0.112. The summed E-state index contributed by atoms with van der Waals surface area (Å²) < 4.78 is 15.0. The van der Waals surface area contributed by atoms with Crippen molar-refractivity contribution in [3.8, 4) is 0 Å². The maximum absolute atomic E-state index is 11.8. The second kappa shape index (κ2) is 22.7. The van der Waals surface area contributed by atoms with Gasteiger partial charge in [0.05, 0.1) is 25.7 Å². The number of carbonyl (C=O) groups excluding carboxylic acids is 2. The zero-order chi connectivity index (χ0) is 21.4. The van der Waals surface area contributed by atoms with Crippen LogP contribution in [0.1, 0.15) is 84.0 Å². The van der Waals surface area contributed by atoms with Gasteiger partial charge in [0.15, 0.2) is 0 Å². The third-order valence-corrected chi connectivity index (χ3v) is 4.61. The van der Waals surface area contributed by atoms with Crippen LogP contribution in [0.2, 0.25) is 0 Å². The van der Waals surface area contributed by atoms with Crippen molar-refractivity contribution >= 4 is 12.4 Å². The minimum atomic E-state index is -0.192. The lowest BCUT2D eigenvalue weighted by molar-refractivity contribution is -0.147. The van der Waals surface area contributed by atoms with Gasteiger partial charge in [0.25, 0.3) is 6.47 Å². The van der Waals surface area contributed by atoms with E-state index in [0.717, 1.165) is 32.1 Å². The van der Waals surface area contributed by atoms with Gasteiger partial charge in [-0.3, -0.25) is 9.59 Å². The highest BCUT2D eigenvalue weighted by Gasteiger charge is 2.12. The van der Waals surface area contributed by atoms with Gasteiger partial charge in [0.2, 0.25) is 0 Å². The fourth-order valence-corrected chi connectivity index (χ4v) is 2.92. The molecule has 0 aromatic heterocycles. The van der Waals surface area contributed by atoms with Crippen molar-refractivity contribution in [3.63, 3.8) is 0 Å². The largest absolute Gasteiger partial charge is 0.467 e. The number of esters is 1. The number of hydrogen-bond acceptors (Lipinski definition) is 5. The molecule has 168 valence electrons. The van der Waals surface area contributed by atoms with Crippen molar-refractivity contribution in [1.82, 2.24) is 0 Å². The summed E-state index contributed by atoms with van der Waals surface area (Å²) in [5.41, 5.74) is 0. The van der Waals surface area contributed by atoms with Gasteiger partial charge in [-0.1, -0.05) is 63.3 Å². The number of unbranched alkanes of at least 4 members (excludes halogenated alkanes) is 8. The summed E-state index contributed by atoms with van der Waals surface area (Å²) in [6.45, 7) is 3.45. The van der Waals surface area contributed by atoms with Gasteiger partial charge in [0, 0.05) is 13.5 Å². The Hall–Kier alpha value is -1.62. The van der Waals surface area contributed by atoms with Gasteiger partial charge >= 0.3 is 5.97 Å². The first-order valence-corrected chi connectivity index (χ1v) is 11.2. The van der Waals surface area contributed by atoms with E-state index in [1.165, 1.54) is 38.5 Å². The van der Waals surface area contributed by atoms with E-state index in [0.29, 0.717) is 19.5 Å². The van der Waals surface area contributed by atoms with E-state index in [1.54, 1.807) is 7.11 Å². The highest BCUT2D eigenvalue weighted by molar-refractivity contribution is 5.69. The van der Waals surface area contributed by atoms with Crippen LogP contribution in [0.5, 0.6) is 0 Å². The SMILES string of the molecule is CCCCC/C=C\C/C=C\CCCCCCCC(=O)OCC(COC)COC=O. The lowest BCUT2D eigenvalue weighted by Gasteiger charge is -2.14. The van der Waals surface area contributed by atoms with E-state index in [9.17, 15) is 9.59 Å². The predicted octanol–water partition coefficient (Wildman–Crippen LogP) is 5.78. The fraction of sp³-hybridized carbons (Fsp3) is 0.750. The number of carbonyl (C=O) groups is 2. The molecule has 5 nitrogen and oxygen atoms in total. The van der Waals surface area contributed by atoms with E-state index in [1.807, 2.05) is 0 Å². The number of allylic oxidation sites excluding steroid dienone is 4. The quantitative estimate of drug-likeness (QED) is 0.104. The summed E-state index contributed by atoms with van der Waals surface area (Å²) in [4.78, 5) is 22.0. The summed E-state index contributed by atoms with van der Waals surface area (Å²) in [5.74, 6) is -0.304. The van der Waals surface area contributed by atoms with Gasteiger partial charge in [-0.25, -0.2) is 0 Å². The second-order valence-electron chi connectivity index (χ2n) is 7.41. The minimum Gasteiger partial charge on any atom is -0.467 e. The van der Waals surface area contributed by atoms with Crippen LogP contribution in [0.25, 0.3) is 0 Å². The Labute approximate surface area is 177 Å². The van der Waals surface area contributed by atoms with Crippen LogP contribution in [0.15, 0.2) is 24.3 Å². The van der Waals surface area contributed by atoms with Gasteiger partial charge in [0.1, 0.15) is 0 Å². The van der Waals surface area contributed by atoms with Crippen molar-refractivity contribution in [2.75, 3.05) is 26.9 Å². The van der Waals surface area contributed by atoms with E-state index in [4.69, 9.17) is 14.2 Å². The first kappa shape index (κ1) is 27.4. The van der Waals surface area contributed by atoms with Crippen molar-refractivity contribution < 1.29 is 23.8 Å². The van der Waals surface area contributed by atoms with Crippen LogP contribution in [0.3, 0.4) is 0 Å². The topological polar surface area (TPSA) is 61.8 Å². The average Bonchev–Trinajstić information content (AvgIpc) is 2.72. The second-order valence-corrected chi connectivity index (χ2v) is 7.41. The van der Waals surface area contributed by atoms with Crippen molar-refractivity contribution in [2.24, 2.45) is 5.92 Å². The maximum atomic E-state index is 11.8. The third kappa shape index (κ3) is 20.9. The molecule has 0 aliphatic rings. The van der Waals surface area contributed by atoms with E-state index >= 15 is 0 Å². The fourth-order valence-electron chi connectivity index (χ4n) is 2.92. The molecule has 0 saturated carbocycles. The lowest BCUT2D eigenvalue weighted by atomic mass is 10.1. The van der Waals surface area contributed by atoms with Crippen molar-refractivity contribution in [3.05, 3.63) is 24.3 Å². The number of hydrogen-bond donors (Lipinski definition) is 0. The molecular weight excluding hydrogens is 368 g/mol. The molecule has 0 aromatic rings. The number of methoxy groups -OCH3 is 1. The van der Waals surface area contributed by atoms with E-state index < -0.39 is 0 Å². The molecule has 0 rings (SSSR count). The van der Waals surface area contributed by atoms with Crippen LogP contribution in [-0.2, 0) is 23.8 Å². The van der Waals surface area contributed by atoms with Crippen LogP contribution in [0, 0.1) is 5.92 Å². The first-order valence-electron chi connectivity index (χ1n) is 11.2. The van der Waals surface area contributed by atoms with Crippen LogP contribution >= 0.6 is 0 Å². The zero-order valence-corrected chi connectivity index (χ0v) is 18.6. The van der Waals surface area contributed by atoms with E-state index in [-0.39, 0.29) is 25.1 Å². The summed E-state index contributed by atoms with van der Waals surface area (Å²) in [6.07, 6.45) is 22.3. The molecular formula is C24H42O5. The molecule has 0 heterocycles. The summed E-state index contributed by atoms with van der Waals surface area (Å²) >= 11 is 0. The standard InChI is InChI=1S/C24H42O5/c1-3-4-5-6-7-8-9-10-11-12-13-14-15-16-17-18-24(26)29-21-23(19-27-2)20-28-22-25/h7-8,10-11,22-23H,3-6,9,12-21H2,1-2H3/b8-7-,11-10-. The lowest BCUT2D eigenvalue weighted by Crippen LogP contribution is -2.22. The monoisotopic (exact) mass is 410 g/mol. The smallest absolute Gasteiger partial charge is 0.305 e. The molecule has 0 N–H and O–H groups in total.